The molecule has 1 heterocycles. The summed E-state index contributed by atoms with van der Waals surface area (Å²) in [4.78, 5) is 2.49. The number of aliphatic hydroxyl groups is 1. The van der Waals surface area contributed by atoms with Crippen molar-refractivity contribution in [2.75, 3.05) is 20.2 Å². The van der Waals surface area contributed by atoms with Crippen molar-refractivity contribution in [1.82, 2.24) is 4.90 Å². The molecule has 2 nitrogen and oxygen atoms in total. The first-order chi connectivity index (χ1) is 5.83. The number of nitrogens with zero attached hydrogens (tertiary/aromatic N) is 1. The molecule has 70 valence electrons. The Morgan fingerprint density at radius 2 is 2.17 bits per heavy atom. The highest BCUT2D eigenvalue weighted by Crippen LogP contribution is 2.39. The van der Waals surface area contributed by atoms with Gasteiger partial charge in [0.05, 0.1) is 0 Å². The average Bonchev–Trinajstić information content (AvgIpc) is 2.54. The number of likely N-dealkylation sites (tertiary alicyclic amines) is 1. The topological polar surface area (TPSA) is 23.5 Å². The summed E-state index contributed by atoms with van der Waals surface area (Å²) in [7, 11) is 2.23. The van der Waals surface area contributed by atoms with E-state index in [0.717, 1.165) is 12.0 Å². The molecule has 1 N–H and O–H groups in total. The first kappa shape index (κ1) is 8.52. The Balaban J connectivity index is 2.06. The summed E-state index contributed by atoms with van der Waals surface area (Å²) in [6, 6.07) is 0.788. The normalized spacial score (nSPS) is 43.0. The van der Waals surface area contributed by atoms with Gasteiger partial charge in [-0.2, -0.15) is 0 Å². The van der Waals surface area contributed by atoms with Crippen LogP contribution < -0.4 is 0 Å². The molecule has 1 saturated heterocycles. The van der Waals surface area contributed by atoms with Crippen molar-refractivity contribution >= 4 is 0 Å². The van der Waals surface area contributed by atoms with Gasteiger partial charge in [0.2, 0.25) is 0 Å². The largest absolute Gasteiger partial charge is 0.396 e. The lowest BCUT2D eigenvalue weighted by atomic mass is 9.82. The third-order valence-electron chi connectivity index (χ3n) is 3.79. The van der Waals surface area contributed by atoms with Crippen LogP contribution in [0.25, 0.3) is 0 Å². The fourth-order valence-electron chi connectivity index (χ4n) is 3.04. The highest BCUT2D eigenvalue weighted by Gasteiger charge is 2.38. The second-order valence-corrected chi connectivity index (χ2v) is 4.37. The van der Waals surface area contributed by atoms with Crippen molar-refractivity contribution in [3.8, 4) is 0 Å². The number of hydrogen-bond acceptors (Lipinski definition) is 2. The highest BCUT2D eigenvalue weighted by atomic mass is 16.3. The van der Waals surface area contributed by atoms with E-state index in [0.29, 0.717) is 12.5 Å². The zero-order chi connectivity index (χ0) is 8.55. The van der Waals surface area contributed by atoms with Gasteiger partial charge in [-0.1, -0.05) is 6.42 Å². The minimum atomic E-state index is 0.412. The molecule has 12 heavy (non-hydrogen) atoms. The SMILES string of the molecule is CN1CCC(CO)C2CCCC21. The molecule has 2 fully saturated rings. The number of fused-ring (bicyclic) bond motifs is 1. The Hall–Kier alpha value is -0.0800. The van der Waals surface area contributed by atoms with E-state index >= 15 is 0 Å². The smallest absolute Gasteiger partial charge is 0.0462 e. The fourth-order valence-corrected chi connectivity index (χ4v) is 3.04. The summed E-state index contributed by atoms with van der Waals surface area (Å²) >= 11 is 0. The van der Waals surface area contributed by atoms with E-state index in [-0.39, 0.29) is 0 Å². The van der Waals surface area contributed by atoms with Crippen LogP contribution >= 0.6 is 0 Å². The summed E-state index contributed by atoms with van der Waals surface area (Å²) in [5.74, 6) is 1.41. The lowest BCUT2D eigenvalue weighted by Crippen LogP contribution is -2.45. The summed E-state index contributed by atoms with van der Waals surface area (Å²) < 4.78 is 0. The Morgan fingerprint density at radius 1 is 1.33 bits per heavy atom. The Labute approximate surface area is 74.6 Å². The number of hydrogen-bond donors (Lipinski definition) is 1. The number of piperidine rings is 1. The van der Waals surface area contributed by atoms with E-state index in [1.54, 1.807) is 0 Å². The van der Waals surface area contributed by atoms with Crippen molar-refractivity contribution < 1.29 is 5.11 Å². The molecule has 0 aromatic carbocycles. The Kier molecular flexibility index (Phi) is 2.37. The van der Waals surface area contributed by atoms with Gasteiger partial charge < -0.3 is 10.0 Å². The summed E-state index contributed by atoms with van der Waals surface area (Å²) in [6.07, 6.45) is 5.28. The molecule has 2 heteroatoms. The van der Waals surface area contributed by atoms with Crippen LogP contribution in [0, 0.1) is 11.8 Å². The molecule has 3 atom stereocenters. The van der Waals surface area contributed by atoms with Crippen molar-refractivity contribution in [3.05, 3.63) is 0 Å². The Bertz CT molecular complexity index is 160. The molecule has 0 spiro atoms. The predicted molar refractivity (Wildman–Crippen MR) is 49.0 cm³/mol. The average molecular weight is 169 g/mol. The van der Waals surface area contributed by atoms with E-state index in [2.05, 4.69) is 11.9 Å². The molecular weight excluding hydrogens is 150 g/mol. The summed E-state index contributed by atoms with van der Waals surface area (Å²) in [5.41, 5.74) is 0. The quantitative estimate of drug-likeness (QED) is 0.635. The minimum Gasteiger partial charge on any atom is -0.396 e. The zero-order valence-electron chi connectivity index (χ0n) is 7.87. The molecule has 1 saturated carbocycles. The van der Waals surface area contributed by atoms with Gasteiger partial charge in [0.1, 0.15) is 0 Å². The zero-order valence-corrected chi connectivity index (χ0v) is 7.87. The molecule has 0 aromatic rings. The molecular formula is C10H19NO. The molecule has 2 rings (SSSR count). The van der Waals surface area contributed by atoms with E-state index < -0.39 is 0 Å². The number of aliphatic hydroxyl groups excluding tert-OH is 1. The van der Waals surface area contributed by atoms with Gasteiger partial charge in [0.25, 0.3) is 0 Å². The first-order valence-corrected chi connectivity index (χ1v) is 5.14. The standard InChI is InChI=1S/C10H19NO/c1-11-6-5-8(7-12)9-3-2-4-10(9)11/h8-10,12H,2-7H2,1H3. The van der Waals surface area contributed by atoms with Gasteiger partial charge in [-0.15, -0.1) is 0 Å². The maximum atomic E-state index is 9.21. The predicted octanol–water partition coefficient (Wildman–Crippen LogP) is 1.10. The first-order valence-electron chi connectivity index (χ1n) is 5.14. The van der Waals surface area contributed by atoms with Crippen molar-refractivity contribution in [3.63, 3.8) is 0 Å². The Morgan fingerprint density at radius 3 is 2.92 bits per heavy atom. The van der Waals surface area contributed by atoms with E-state index in [1.807, 2.05) is 0 Å². The van der Waals surface area contributed by atoms with Crippen LogP contribution in [-0.2, 0) is 0 Å². The monoisotopic (exact) mass is 169 g/mol. The van der Waals surface area contributed by atoms with Gasteiger partial charge in [0, 0.05) is 12.6 Å². The third kappa shape index (κ3) is 1.27. The molecule has 3 unspecified atom stereocenters. The van der Waals surface area contributed by atoms with Gasteiger partial charge in [-0.05, 0) is 44.7 Å². The van der Waals surface area contributed by atoms with Crippen molar-refractivity contribution in [1.29, 1.82) is 0 Å². The van der Waals surface area contributed by atoms with Crippen LogP contribution in [0.4, 0.5) is 0 Å². The summed E-state index contributed by atoms with van der Waals surface area (Å²) in [5, 5.41) is 9.21. The molecule has 0 aromatic heterocycles. The van der Waals surface area contributed by atoms with Gasteiger partial charge in [-0.25, -0.2) is 0 Å². The molecule has 0 bridgehead atoms. The minimum absolute atomic E-state index is 0.412. The maximum Gasteiger partial charge on any atom is 0.0462 e. The molecule has 1 aliphatic heterocycles. The maximum absolute atomic E-state index is 9.21. The van der Waals surface area contributed by atoms with Crippen LogP contribution in [-0.4, -0.2) is 36.2 Å². The summed E-state index contributed by atoms with van der Waals surface area (Å²) in [6.45, 7) is 1.60. The van der Waals surface area contributed by atoms with Crippen LogP contribution in [0.5, 0.6) is 0 Å². The van der Waals surface area contributed by atoms with E-state index in [4.69, 9.17) is 0 Å². The second kappa shape index (κ2) is 3.35. The van der Waals surface area contributed by atoms with E-state index in [1.165, 1.54) is 32.2 Å². The second-order valence-electron chi connectivity index (χ2n) is 4.37. The van der Waals surface area contributed by atoms with Crippen LogP contribution in [0.1, 0.15) is 25.7 Å². The highest BCUT2D eigenvalue weighted by molar-refractivity contribution is 4.91. The van der Waals surface area contributed by atoms with Crippen LogP contribution in [0.3, 0.4) is 0 Å². The lowest BCUT2D eigenvalue weighted by Gasteiger charge is -2.39. The molecule has 0 amide bonds. The fraction of sp³-hybridized carbons (Fsp3) is 1.00. The lowest BCUT2D eigenvalue weighted by molar-refractivity contribution is 0.0551. The van der Waals surface area contributed by atoms with Crippen molar-refractivity contribution in [2.45, 2.75) is 31.7 Å². The van der Waals surface area contributed by atoms with Gasteiger partial charge in [0.15, 0.2) is 0 Å². The van der Waals surface area contributed by atoms with Crippen molar-refractivity contribution in [2.24, 2.45) is 11.8 Å². The molecule has 0 radical (unpaired) electrons. The third-order valence-corrected chi connectivity index (χ3v) is 3.79. The van der Waals surface area contributed by atoms with Crippen LogP contribution in [0.15, 0.2) is 0 Å². The van der Waals surface area contributed by atoms with Gasteiger partial charge in [-0.3, -0.25) is 0 Å². The molecule has 2 aliphatic rings. The van der Waals surface area contributed by atoms with E-state index in [9.17, 15) is 5.11 Å². The van der Waals surface area contributed by atoms with Crippen LogP contribution in [0.2, 0.25) is 0 Å². The number of rotatable bonds is 1. The van der Waals surface area contributed by atoms with Gasteiger partial charge >= 0.3 is 0 Å². The molecule has 1 aliphatic carbocycles.